The second kappa shape index (κ2) is 5.98. The normalized spacial score (nSPS) is 11.2. The molecule has 2 amide bonds. The number of rotatable bonds is 4. The predicted octanol–water partition coefficient (Wildman–Crippen LogP) is 1.35. The Morgan fingerprint density at radius 3 is 2.42 bits per heavy atom. The topological polar surface area (TPSA) is 92.5 Å². The number of hydrogen-bond acceptors (Lipinski definition) is 3. The molecule has 0 aliphatic heterocycles. The van der Waals surface area contributed by atoms with Gasteiger partial charge in [-0.25, -0.2) is 22.7 Å². The smallest absolute Gasteiger partial charge is 0.321 e. The van der Waals surface area contributed by atoms with Crippen LogP contribution >= 0.6 is 0 Å². The molecule has 0 fully saturated rings. The third-order valence-electron chi connectivity index (χ3n) is 2.56. The predicted molar refractivity (Wildman–Crippen MR) is 69.7 cm³/mol. The average Bonchev–Trinajstić information content (AvgIpc) is 2.32. The summed E-state index contributed by atoms with van der Waals surface area (Å²) in [5.74, 6) is -0.729. The highest BCUT2D eigenvalue weighted by Gasteiger charge is 2.15. The first-order valence-electron chi connectivity index (χ1n) is 5.67. The van der Waals surface area contributed by atoms with Gasteiger partial charge in [-0.2, -0.15) is 0 Å². The summed E-state index contributed by atoms with van der Waals surface area (Å²) in [7, 11) is -3.94. The number of anilines is 1. The van der Waals surface area contributed by atoms with E-state index in [9.17, 15) is 17.6 Å². The number of nitrogens with zero attached hydrogens (tertiary/aromatic N) is 1. The average molecular weight is 289 g/mol. The Balaban J connectivity index is 3.04. The number of urea groups is 1. The Kier molecular flexibility index (Phi) is 4.84. The van der Waals surface area contributed by atoms with E-state index < -0.39 is 21.9 Å². The molecular weight excluding hydrogens is 273 g/mol. The number of carbonyl (C=O) groups is 1. The molecule has 0 saturated heterocycles. The highest BCUT2D eigenvalue weighted by atomic mass is 32.2. The molecule has 0 radical (unpaired) electrons. The van der Waals surface area contributed by atoms with Gasteiger partial charge in [0.25, 0.3) is 0 Å². The zero-order valence-corrected chi connectivity index (χ0v) is 11.5. The maximum atomic E-state index is 13.5. The van der Waals surface area contributed by atoms with Crippen LogP contribution in [0.4, 0.5) is 14.9 Å². The summed E-state index contributed by atoms with van der Waals surface area (Å²) >= 11 is 0. The monoisotopic (exact) mass is 289 g/mol. The third kappa shape index (κ3) is 3.90. The summed E-state index contributed by atoms with van der Waals surface area (Å²) in [4.78, 5) is 12.9. The Labute approximate surface area is 111 Å². The quantitative estimate of drug-likeness (QED) is 0.876. The Morgan fingerprint density at radius 1 is 1.37 bits per heavy atom. The van der Waals surface area contributed by atoms with Crippen molar-refractivity contribution in [2.45, 2.75) is 18.7 Å². The molecule has 0 heterocycles. The van der Waals surface area contributed by atoms with E-state index in [2.05, 4.69) is 5.32 Å². The van der Waals surface area contributed by atoms with Gasteiger partial charge in [-0.1, -0.05) is 0 Å². The fourth-order valence-corrected chi connectivity index (χ4v) is 2.02. The van der Waals surface area contributed by atoms with Crippen LogP contribution < -0.4 is 10.5 Å². The van der Waals surface area contributed by atoms with E-state index in [0.717, 1.165) is 18.2 Å². The number of primary sulfonamides is 1. The van der Waals surface area contributed by atoms with Gasteiger partial charge in [-0.3, -0.25) is 0 Å². The minimum Gasteiger partial charge on any atom is -0.325 e. The van der Waals surface area contributed by atoms with E-state index in [1.807, 2.05) is 0 Å². The van der Waals surface area contributed by atoms with Crippen LogP contribution in [0.3, 0.4) is 0 Å². The molecule has 106 valence electrons. The zero-order valence-electron chi connectivity index (χ0n) is 10.7. The Hall–Kier alpha value is -1.67. The standard InChI is InChI=1S/C11H16FN3O3S/c1-3-15(4-2)11(16)14-10-7-8(19(13,17)18)5-6-9(10)12/h5-7H,3-4H2,1-2H3,(H,14,16)(H2,13,17,18). The molecule has 1 aromatic carbocycles. The lowest BCUT2D eigenvalue weighted by molar-refractivity contribution is 0.217. The molecule has 8 heteroatoms. The van der Waals surface area contributed by atoms with E-state index in [1.54, 1.807) is 13.8 Å². The lowest BCUT2D eigenvalue weighted by Gasteiger charge is -2.19. The van der Waals surface area contributed by atoms with Gasteiger partial charge in [0.15, 0.2) is 0 Å². The van der Waals surface area contributed by atoms with Gasteiger partial charge in [0.2, 0.25) is 10.0 Å². The van der Waals surface area contributed by atoms with Gasteiger partial charge >= 0.3 is 6.03 Å². The van der Waals surface area contributed by atoms with Crippen molar-refractivity contribution in [3.05, 3.63) is 24.0 Å². The van der Waals surface area contributed by atoms with Crippen molar-refractivity contribution >= 4 is 21.7 Å². The maximum Gasteiger partial charge on any atom is 0.321 e. The molecule has 1 rings (SSSR count). The van der Waals surface area contributed by atoms with Crippen molar-refractivity contribution in [3.8, 4) is 0 Å². The minimum absolute atomic E-state index is 0.219. The zero-order chi connectivity index (χ0) is 14.6. The van der Waals surface area contributed by atoms with Crippen molar-refractivity contribution in [3.63, 3.8) is 0 Å². The molecule has 0 aliphatic carbocycles. The van der Waals surface area contributed by atoms with E-state index in [1.165, 1.54) is 4.90 Å². The van der Waals surface area contributed by atoms with Crippen molar-refractivity contribution < 1.29 is 17.6 Å². The first kappa shape index (κ1) is 15.4. The molecule has 19 heavy (non-hydrogen) atoms. The Morgan fingerprint density at radius 2 is 1.95 bits per heavy atom. The second-order valence-corrected chi connectivity index (χ2v) is 5.35. The third-order valence-corrected chi connectivity index (χ3v) is 3.47. The fourth-order valence-electron chi connectivity index (χ4n) is 1.48. The molecule has 0 atom stereocenters. The van der Waals surface area contributed by atoms with Crippen LogP contribution in [-0.4, -0.2) is 32.4 Å². The number of amides is 2. The number of benzene rings is 1. The van der Waals surface area contributed by atoms with Crippen LogP contribution in [-0.2, 0) is 10.0 Å². The summed E-state index contributed by atoms with van der Waals surface area (Å²) < 4.78 is 35.8. The van der Waals surface area contributed by atoms with Gasteiger partial charge in [0.1, 0.15) is 5.82 Å². The van der Waals surface area contributed by atoms with Crippen LogP contribution in [0.2, 0.25) is 0 Å². The molecule has 0 saturated carbocycles. The summed E-state index contributed by atoms with van der Waals surface area (Å²) in [6.45, 7) is 4.47. The first-order chi connectivity index (χ1) is 8.79. The van der Waals surface area contributed by atoms with Gasteiger partial charge in [-0.15, -0.1) is 0 Å². The summed E-state index contributed by atoms with van der Waals surface area (Å²) in [6, 6.07) is 2.47. The van der Waals surface area contributed by atoms with Gasteiger partial charge in [0.05, 0.1) is 10.6 Å². The molecule has 0 aromatic heterocycles. The lowest BCUT2D eigenvalue weighted by Crippen LogP contribution is -2.34. The van der Waals surface area contributed by atoms with E-state index in [0.29, 0.717) is 13.1 Å². The molecule has 0 unspecified atom stereocenters. The maximum absolute atomic E-state index is 13.5. The van der Waals surface area contributed by atoms with Crippen molar-refractivity contribution in [2.24, 2.45) is 5.14 Å². The van der Waals surface area contributed by atoms with Crippen LogP contribution in [0, 0.1) is 5.82 Å². The van der Waals surface area contributed by atoms with Gasteiger partial charge in [0, 0.05) is 13.1 Å². The van der Waals surface area contributed by atoms with E-state index in [4.69, 9.17) is 5.14 Å². The largest absolute Gasteiger partial charge is 0.325 e. The Bertz CT molecular complexity index is 571. The molecule has 6 nitrogen and oxygen atoms in total. The second-order valence-electron chi connectivity index (χ2n) is 3.79. The van der Waals surface area contributed by atoms with Crippen LogP contribution in [0.15, 0.2) is 23.1 Å². The van der Waals surface area contributed by atoms with E-state index >= 15 is 0 Å². The number of hydrogen-bond donors (Lipinski definition) is 2. The minimum atomic E-state index is -3.94. The first-order valence-corrected chi connectivity index (χ1v) is 7.22. The highest BCUT2D eigenvalue weighted by Crippen LogP contribution is 2.19. The SMILES string of the molecule is CCN(CC)C(=O)Nc1cc(S(N)(=O)=O)ccc1F. The van der Waals surface area contributed by atoms with Gasteiger partial charge in [-0.05, 0) is 32.0 Å². The molecule has 0 spiro atoms. The highest BCUT2D eigenvalue weighted by molar-refractivity contribution is 7.89. The molecule has 0 bridgehead atoms. The van der Waals surface area contributed by atoms with Crippen molar-refractivity contribution in [1.82, 2.24) is 4.90 Å². The molecule has 0 aliphatic rings. The van der Waals surface area contributed by atoms with Crippen LogP contribution in [0.25, 0.3) is 0 Å². The van der Waals surface area contributed by atoms with Crippen LogP contribution in [0.1, 0.15) is 13.8 Å². The van der Waals surface area contributed by atoms with E-state index in [-0.39, 0.29) is 10.6 Å². The van der Waals surface area contributed by atoms with Gasteiger partial charge < -0.3 is 10.2 Å². The lowest BCUT2D eigenvalue weighted by atomic mass is 10.3. The van der Waals surface area contributed by atoms with Crippen molar-refractivity contribution in [1.29, 1.82) is 0 Å². The number of nitrogens with one attached hydrogen (secondary N) is 1. The number of nitrogens with two attached hydrogens (primary N) is 1. The molecule has 1 aromatic rings. The summed E-state index contributed by atoms with van der Waals surface area (Å²) in [5.41, 5.74) is -0.219. The molecular formula is C11H16FN3O3S. The fraction of sp³-hybridized carbons (Fsp3) is 0.364. The van der Waals surface area contributed by atoms with Crippen LogP contribution in [0.5, 0.6) is 0 Å². The molecule has 3 N–H and O–H groups in total. The number of halogens is 1. The summed E-state index contributed by atoms with van der Waals surface area (Å²) in [5, 5.41) is 7.26. The van der Waals surface area contributed by atoms with Crippen molar-refractivity contribution in [2.75, 3.05) is 18.4 Å². The summed E-state index contributed by atoms with van der Waals surface area (Å²) in [6.07, 6.45) is 0. The number of sulfonamides is 1. The number of carbonyl (C=O) groups excluding carboxylic acids is 1.